The summed E-state index contributed by atoms with van der Waals surface area (Å²) in [5.41, 5.74) is 2.04. The van der Waals surface area contributed by atoms with Crippen molar-refractivity contribution >= 4 is 34.1 Å². The fourth-order valence-corrected chi connectivity index (χ4v) is 4.75. The third-order valence-electron chi connectivity index (χ3n) is 6.07. The first-order valence-corrected chi connectivity index (χ1v) is 10.6. The van der Waals surface area contributed by atoms with E-state index in [0.29, 0.717) is 23.2 Å². The van der Waals surface area contributed by atoms with Gasteiger partial charge in [-0.1, -0.05) is 31.9 Å². The molecule has 0 spiro atoms. The highest BCUT2D eigenvalue weighted by Crippen LogP contribution is 2.56. The van der Waals surface area contributed by atoms with Gasteiger partial charge in [0, 0.05) is 48.1 Å². The number of nitrogens with one attached hydrogen (secondary N) is 1. The van der Waals surface area contributed by atoms with Crippen molar-refractivity contribution in [2.24, 2.45) is 18.9 Å². The first-order chi connectivity index (χ1) is 14.4. The molecule has 6 nitrogen and oxygen atoms in total. The molecule has 1 N–H and O–H groups in total. The third-order valence-corrected chi connectivity index (χ3v) is 6.40. The fraction of sp³-hybridized carbons (Fsp3) is 0.391. The van der Waals surface area contributed by atoms with Gasteiger partial charge in [0.2, 0.25) is 5.91 Å². The van der Waals surface area contributed by atoms with Crippen LogP contribution >= 0.6 is 11.6 Å². The Morgan fingerprint density at radius 1 is 1.33 bits per heavy atom. The molecule has 4 rings (SSSR count). The molecule has 1 fully saturated rings. The minimum atomic E-state index is -0.0619. The van der Waals surface area contributed by atoms with Gasteiger partial charge in [-0.2, -0.15) is 10.4 Å². The molecule has 154 valence electrons. The molecule has 0 aliphatic heterocycles. The fourth-order valence-electron chi connectivity index (χ4n) is 4.39. The summed E-state index contributed by atoms with van der Waals surface area (Å²) in [6, 6.07) is 7.92. The molecule has 1 aliphatic carbocycles. The highest BCUT2D eigenvalue weighted by atomic mass is 35.5. The lowest BCUT2D eigenvalue weighted by molar-refractivity contribution is -0.117. The van der Waals surface area contributed by atoms with Crippen LogP contribution in [0, 0.1) is 23.2 Å². The molecule has 0 saturated heterocycles. The van der Waals surface area contributed by atoms with Gasteiger partial charge in [0.15, 0.2) is 0 Å². The maximum absolute atomic E-state index is 12.9. The molecular formula is C23H24ClN5O. The number of anilines is 1. The second-order valence-corrected chi connectivity index (χ2v) is 8.52. The number of aromatic nitrogens is 3. The van der Waals surface area contributed by atoms with Crippen LogP contribution in [-0.4, -0.2) is 20.7 Å². The van der Waals surface area contributed by atoms with Gasteiger partial charge in [0.25, 0.3) is 0 Å². The van der Waals surface area contributed by atoms with Crippen LogP contribution in [0.25, 0.3) is 10.8 Å². The topological polar surface area (TPSA) is 83.6 Å². The summed E-state index contributed by atoms with van der Waals surface area (Å²) in [5.74, 6) is 1.03. The number of hydrogen-bond donors (Lipinski definition) is 1. The molecule has 1 saturated carbocycles. The Kier molecular flexibility index (Phi) is 5.48. The van der Waals surface area contributed by atoms with Gasteiger partial charge in [-0.3, -0.25) is 9.48 Å². The van der Waals surface area contributed by atoms with Gasteiger partial charge in [0.05, 0.1) is 12.3 Å². The highest BCUT2D eigenvalue weighted by Gasteiger charge is 2.54. The Morgan fingerprint density at radius 3 is 2.80 bits per heavy atom. The lowest BCUT2D eigenvalue weighted by atomic mass is 9.96. The second-order valence-electron chi connectivity index (χ2n) is 8.11. The Labute approximate surface area is 180 Å². The first kappa shape index (κ1) is 20.4. The molecule has 0 radical (unpaired) electrons. The molecule has 1 aliphatic rings. The Hall–Kier alpha value is -2.91. The highest BCUT2D eigenvalue weighted by molar-refractivity contribution is 6.32. The molecule has 30 heavy (non-hydrogen) atoms. The first-order valence-electron chi connectivity index (χ1n) is 10.2. The average molecular weight is 422 g/mol. The molecule has 1 amide bonds. The standard InChI is InChI=1S/C23H24ClN5O/c1-4-17-21(16-11-27-29(3)12-16)22(17)23(30)28-20-9-14-7-18(13(2)5-6-25)19(24)8-15(14)10-26-20/h7-13,17,21-22H,4-5H2,1-3H3,(H,26,28,30). The van der Waals surface area contributed by atoms with Crippen molar-refractivity contribution in [2.45, 2.75) is 38.5 Å². The smallest absolute Gasteiger partial charge is 0.229 e. The van der Waals surface area contributed by atoms with Gasteiger partial charge in [0.1, 0.15) is 5.82 Å². The van der Waals surface area contributed by atoms with Crippen LogP contribution in [-0.2, 0) is 11.8 Å². The molecule has 4 unspecified atom stereocenters. The monoisotopic (exact) mass is 421 g/mol. The molecule has 0 bridgehead atoms. The van der Waals surface area contributed by atoms with Crippen LogP contribution in [0.2, 0.25) is 5.02 Å². The van der Waals surface area contributed by atoms with E-state index in [0.717, 1.165) is 28.3 Å². The van der Waals surface area contributed by atoms with Crippen molar-refractivity contribution in [2.75, 3.05) is 5.32 Å². The molecule has 4 atom stereocenters. The van der Waals surface area contributed by atoms with E-state index in [2.05, 4.69) is 28.4 Å². The summed E-state index contributed by atoms with van der Waals surface area (Å²) in [6.07, 6.45) is 6.90. The van der Waals surface area contributed by atoms with Gasteiger partial charge < -0.3 is 5.32 Å². The van der Waals surface area contributed by atoms with E-state index in [1.807, 2.05) is 44.6 Å². The average Bonchev–Trinajstić information content (AvgIpc) is 3.31. The van der Waals surface area contributed by atoms with E-state index in [9.17, 15) is 4.79 Å². The largest absolute Gasteiger partial charge is 0.310 e. The van der Waals surface area contributed by atoms with Crippen molar-refractivity contribution in [3.05, 3.63) is 52.9 Å². The lowest BCUT2D eigenvalue weighted by Gasteiger charge is -2.12. The SMILES string of the molecule is CCC1C(C(=O)Nc2cc3cc(C(C)CC#N)c(Cl)cc3cn2)C1c1cnn(C)c1. The minimum absolute atomic E-state index is 0.00501. The number of fused-ring (bicyclic) bond motifs is 1. The quantitative estimate of drug-likeness (QED) is 0.605. The summed E-state index contributed by atoms with van der Waals surface area (Å²) in [6.45, 7) is 4.10. The number of halogens is 1. The second kappa shape index (κ2) is 8.08. The number of carbonyl (C=O) groups excluding carboxylic acids is 1. The predicted molar refractivity (Wildman–Crippen MR) is 117 cm³/mol. The maximum atomic E-state index is 12.9. The van der Waals surface area contributed by atoms with E-state index in [4.69, 9.17) is 16.9 Å². The summed E-state index contributed by atoms with van der Waals surface area (Å²) in [7, 11) is 1.89. The third kappa shape index (κ3) is 3.78. The van der Waals surface area contributed by atoms with Crippen LogP contribution in [0.4, 0.5) is 5.82 Å². The van der Waals surface area contributed by atoms with Gasteiger partial charge in [-0.15, -0.1) is 0 Å². The van der Waals surface area contributed by atoms with Gasteiger partial charge in [-0.25, -0.2) is 4.98 Å². The number of carbonyl (C=O) groups is 1. The molecule has 7 heteroatoms. The van der Waals surface area contributed by atoms with E-state index in [1.165, 1.54) is 0 Å². The van der Waals surface area contributed by atoms with Crippen molar-refractivity contribution < 1.29 is 4.79 Å². The minimum Gasteiger partial charge on any atom is -0.310 e. The zero-order chi connectivity index (χ0) is 21.4. The number of benzene rings is 1. The Balaban J connectivity index is 1.55. The van der Waals surface area contributed by atoms with E-state index >= 15 is 0 Å². The summed E-state index contributed by atoms with van der Waals surface area (Å²) >= 11 is 6.40. The van der Waals surface area contributed by atoms with E-state index in [-0.39, 0.29) is 23.7 Å². The molecule has 2 aromatic heterocycles. The molecular weight excluding hydrogens is 398 g/mol. The predicted octanol–water partition coefficient (Wildman–Crippen LogP) is 5.02. The van der Waals surface area contributed by atoms with Crippen LogP contribution in [0.15, 0.2) is 36.8 Å². The number of nitrogens with zero attached hydrogens (tertiary/aromatic N) is 4. The zero-order valence-corrected chi connectivity index (χ0v) is 18.0. The number of rotatable bonds is 6. The van der Waals surface area contributed by atoms with Crippen LogP contribution < -0.4 is 5.32 Å². The number of amides is 1. The lowest BCUT2D eigenvalue weighted by Crippen LogP contribution is -2.16. The zero-order valence-electron chi connectivity index (χ0n) is 17.3. The number of nitriles is 1. The maximum Gasteiger partial charge on any atom is 0.229 e. The summed E-state index contributed by atoms with van der Waals surface area (Å²) in [4.78, 5) is 17.4. The number of hydrogen-bond acceptors (Lipinski definition) is 4. The summed E-state index contributed by atoms with van der Waals surface area (Å²) in [5, 5.41) is 18.7. The van der Waals surface area contributed by atoms with Crippen molar-refractivity contribution in [3.63, 3.8) is 0 Å². The van der Waals surface area contributed by atoms with Crippen molar-refractivity contribution in [3.8, 4) is 6.07 Å². The van der Waals surface area contributed by atoms with Crippen LogP contribution in [0.1, 0.15) is 49.7 Å². The van der Waals surface area contributed by atoms with Gasteiger partial charge in [-0.05, 0) is 46.5 Å². The van der Waals surface area contributed by atoms with E-state index < -0.39 is 0 Å². The van der Waals surface area contributed by atoms with Crippen LogP contribution in [0.5, 0.6) is 0 Å². The summed E-state index contributed by atoms with van der Waals surface area (Å²) < 4.78 is 1.77. The molecule has 2 heterocycles. The number of aryl methyl sites for hydroxylation is 1. The molecule has 1 aromatic carbocycles. The Morgan fingerprint density at radius 2 is 2.13 bits per heavy atom. The molecule has 3 aromatic rings. The van der Waals surface area contributed by atoms with Crippen molar-refractivity contribution in [1.29, 1.82) is 5.26 Å². The van der Waals surface area contributed by atoms with Crippen molar-refractivity contribution in [1.82, 2.24) is 14.8 Å². The van der Waals surface area contributed by atoms with Gasteiger partial charge >= 0.3 is 0 Å². The normalized spacial score (nSPS) is 21.2. The van der Waals surface area contributed by atoms with Crippen LogP contribution in [0.3, 0.4) is 0 Å². The Bertz CT molecular complexity index is 1150. The number of pyridine rings is 1. The van der Waals surface area contributed by atoms with E-state index in [1.54, 1.807) is 10.9 Å².